The number of fused-ring (bicyclic) bond motifs is 1. The lowest BCUT2D eigenvalue weighted by Gasteiger charge is -2.11. The smallest absolute Gasteiger partial charge is 0.137 e. The molecule has 0 amide bonds. The Morgan fingerprint density at radius 2 is 2.37 bits per heavy atom. The predicted octanol–water partition coefficient (Wildman–Crippen LogP) is 3.10. The number of nitrogens with one attached hydrogen (secondary N) is 1. The maximum Gasteiger partial charge on any atom is 0.137 e. The maximum atomic E-state index is 4.62. The first kappa shape index (κ1) is 13.0. The van der Waals surface area contributed by atoms with Crippen molar-refractivity contribution < 1.29 is 0 Å². The van der Waals surface area contributed by atoms with Gasteiger partial charge in [0.25, 0.3) is 0 Å². The Kier molecular flexibility index (Phi) is 4.09. The molecule has 1 N–H and O–H groups in total. The second kappa shape index (κ2) is 5.97. The first-order valence-electron chi connectivity index (χ1n) is 7.12. The van der Waals surface area contributed by atoms with E-state index in [0.29, 0.717) is 6.04 Å². The van der Waals surface area contributed by atoms with Crippen LogP contribution in [-0.4, -0.2) is 26.4 Å². The summed E-state index contributed by atoms with van der Waals surface area (Å²) in [6, 6.07) is 6.79. The molecule has 2 heterocycles. The summed E-state index contributed by atoms with van der Waals surface area (Å²) in [7, 11) is 0. The number of nitrogens with zero attached hydrogens (tertiary/aromatic N) is 2. The first-order chi connectivity index (χ1) is 9.35. The molecule has 0 radical (unpaired) electrons. The van der Waals surface area contributed by atoms with Crippen LogP contribution in [0.2, 0.25) is 0 Å². The molecule has 0 saturated heterocycles. The van der Waals surface area contributed by atoms with Crippen LogP contribution in [-0.2, 0) is 6.54 Å². The summed E-state index contributed by atoms with van der Waals surface area (Å²) in [5, 5.41) is 4.52. The Hall–Kier alpha value is -1.00. The van der Waals surface area contributed by atoms with Crippen molar-refractivity contribution in [2.45, 2.75) is 44.0 Å². The van der Waals surface area contributed by atoms with Gasteiger partial charge < -0.3 is 9.72 Å². The van der Waals surface area contributed by atoms with Gasteiger partial charge in [-0.3, -0.25) is 0 Å². The summed E-state index contributed by atoms with van der Waals surface area (Å²) in [4.78, 5) is 4.62. The first-order valence-corrected chi connectivity index (χ1v) is 8.17. The van der Waals surface area contributed by atoms with E-state index >= 15 is 0 Å². The lowest BCUT2D eigenvalue weighted by atomic mass is 10.2. The topological polar surface area (TPSA) is 29.3 Å². The van der Waals surface area contributed by atoms with Crippen molar-refractivity contribution in [2.75, 3.05) is 5.75 Å². The Morgan fingerprint density at radius 3 is 3.21 bits per heavy atom. The zero-order valence-corrected chi connectivity index (χ0v) is 12.2. The molecule has 3 rings (SSSR count). The van der Waals surface area contributed by atoms with E-state index in [-0.39, 0.29) is 0 Å². The fourth-order valence-corrected chi connectivity index (χ4v) is 3.98. The van der Waals surface area contributed by atoms with Gasteiger partial charge in [0.1, 0.15) is 5.65 Å². The van der Waals surface area contributed by atoms with E-state index in [1.807, 2.05) is 18.2 Å². The van der Waals surface area contributed by atoms with Gasteiger partial charge in [0.05, 0.1) is 5.69 Å². The van der Waals surface area contributed by atoms with Gasteiger partial charge in [-0.1, -0.05) is 13.0 Å². The van der Waals surface area contributed by atoms with Crippen molar-refractivity contribution in [1.82, 2.24) is 14.7 Å². The minimum atomic E-state index is 0.675. The highest BCUT2D eigenvalue weighted by Crippen LogP contribution is 2.29. The molecule has 1 saturated carbocycles. The lowest BCUT2D eigenvalue weighted by molar-refractivity contribution is 0.521. The quantitative estimate of drug-likeness (QED) is 0.909. The normalized spacial score (nSPS) is 23.2. The SMILES string of the molecule is CCSC1CCC(NCc2cn3ccccc3n2)C1. The lowest BCUT2D eigenvalue weighted by Crippen LogP contribution is -2.26. The third-order valence-electron chi connectivity index (χ3n) is 3.77. The number of hydrogen-bond acceptors (Lipinski definition) is 3. The molecule has 2 aromatic rings. The van der Waals surface area contributed by atoms with E-state index in [4.69, 9.17) is 0 Å². The Morgan fingerprint density at radius 1 is 1.42 bits per heavy atom. The second-order valence-corrected chi connectivity index (χ2v) is 6.74. The monoisotopic (exact) mass is 275 g/mol. The molecule has 0 aliphatic heterocycles. The van der Waals surface area contributed by atoms with Crippen molar-refractivity contribution in [3.8, 4) is 0 Å². The molecule has 0 bridgehead atoms. The summed E-state index contributed by atoms with van der Waals surface area (Å²) >= 11 is 2.11. The highest BCUT2D eigenvalue weighted by Gasteiger charge is 2.24. The number of hydrogen-bond donors (Lipinski definition) is 1. The van der Waals surface area contributed by atoms with Crippen molar-refractivity contribution >= 4 is 17.4 Å². The van der Waals surface area contributed by atoms with Gasteiger partial charge in [-0.25, -0.2) is 4.98 Å². The van der Waals surface area contributed by atoms with Crippen LogP contribution in [0.4, 0.5) is 0 Å². The van der Waals surface area contributed by atoms with E-state index in [2.05, 4.69) is 45.8 Å². The minimum absolute atomic E-state index is 0.675. The number of thioether (sulfide) groups is 1. The predicted molar refractivity (Wildman–Crippen MR) is 81.6 cm³/mol. The van der Waals surface area contributed by atoms with Gasteiger partial charge in [0.2, 0.25) is 0 Å². The van der Waals surface area contributed by atoms with Crippen LogP contribution in [0.1, 0.15) is 31.9 Å². The van der Waals surface area contributed by atoms with E-state index in [9.17, 15) is 0 Å². The van der Waals surface area contributed by atoms with Crippen LogP contribution in [0.25, 0.3) is 5.65 Å². The molecular formula is C15H21N3S. The Balaban J connectivity index is 1.55. The highest BCUT2D eigenvalue weighted by atomic mass is 32.2. The van der Waals surface area contributed by atoms with Crippen LogP contribution in [0.3, 0.4) is 0 Å². The van der Waals surface area contributed by atoms with Crippen LogP contribution >= 0.6 is 11.8 Å². The maximum absolute atomic E-state index is 4.62. The van der Waals surface area contributed by atoms with Crippen molar-refractivity contribution in [3.63, 3.8) is 0 Å². The zero-order chi connectivity index (χ0) is 13.1. The van der Waals surface area contributed by atoms with Gasteiger partial charge in [0, 0.05) is 30.2 Å². The molecule has 2 unspecified atom stereocenters. The average molecular weight is 275 g/mol. The van der Waals surface area contributed by atoms with Crippen LogP contribution < -0.4 is 5.32 Å². The average Bonchev–Trinajstić information content (AvgIpc) is 3.02. The summed E-state index contributed by atoms with van der Waals surface area (Å²) in [5.74, 6) is 1.24. The van der Waals surface area contributed by atoms with Crippen molar-refractivity contribution in [1.29, 1.82) is 0 Å². The number of pyridine rings is 1. The molecule has 2 aromatic heterocycles. The molecule has 1 fully saturated rings. The summed E-state index contributed by atoms with van der Waals surface area (Å²) in [5.41, 5.74) is 2.17. The van der Waals surface area contributed by atoms with E-state index < -0.39 is 0 Å². The second-order valence-electron chi connectivity index (χ2n) is 5.17. The van der Waals surface area contributed by atoms with Gasteiger partial charge in [-0.15, -0.1) is 0 Å². The largest absolute Gasteiger partial charge is 0.308 e. The number of aromatic nitrogens is 2. The van der Waals surface area contributed by atoms with Gasteiger partial charge in [-0.05, 0) is 37.1 Å². The minimum Gasteiger partial charge on any atom is -0.308 e. The zero-order valence-electron chi connectivity index (χ0n) is 11.4. The molecule has 1 aliphatic carbocycles. The fraction of sp³-hybridized carbons (Fsp3) is 0.533. The molecule has 2 atom stereocenters. The molecular weight excluding hydrogens is 254 g/mol. The third-order valence-corrected chi connectivity index (χ3v) is 5.01. The van der Waals surface area contributed by atoms with Crippen LogP contribution in [0, 0.1) is 0 Å². The van der Waals surface area contributed by atoms with Gasteiger partial charge in [-0.2, -0.15) is 11.8 Å². The molecule has 0 aromatic carbocycles. The standard InChI is InChI=1S/C15H21N3S/c1-2-19-14-7-6-12(9-14)16-10-13-11-18-8-4-3-5-15(18)17-13/h3-5,8,11-12,14,16H,2,6-7,9-10H2,1H3. The number of imidazole rings is 1. The number of rotatable bonds is 5. The molecule has 0 spiro atoms. The fourth-order valence-electron chi connectivity index (χ4n) is 2.83. The third kappa shape index (κ3) is 3.12. The Bertz CT molecular complexity index is 504. The van der Waals surface area contributed by atoms with Crippen LogP contribution in [0.5, 0.6) is 0 Å². The summed E-state index contributed by atoms with van der Waals surface area (Å²) in [6.45, 7) is 3.14. The summed E-state index contributed by atoms with van der Waals surface area (Å²) < 4.78 is 2.08. The molecule has 3 nitrogen and oxygen atoms in total. The molecule has 19 heavy (non-hydrogen) atoms. The van der Waals surface area contributed by atoms with Gasteiger partial charge >= 0.3 is 0 Å². The van der Waals surface area contributed by atoms with Crippen molar-refractivity contribution in [3.05, 3.63) is 36.3 Å². The van der Waals surface area contributed by atoms with Crippen LogP contribution in [0.15, 0.2) is 30.6 Å². The van der Waals surface area contributed by atoms with Gasteiger partial charge in [0.15, 0.2) is 0 Å². The van der Waals surface area contributed by atoms with Crippen molar-refractivity contribution in [2.24, 2.45) is 0 Å². The molecule has 4 heteroatoms. The van der Waals surface area contributed by atoms with E-state index in [1.165, 1.54) is 25.0 Å². The highest BCUT2D eigenvalue weighted by molar-refractivity contribution is 7.99. The summed E-state index contributed by atoms with van der Waals surface area (Å²) in [6.07, 6.45) is 8.16. The Labute approximate surface area is 118 Å². The van der Waals surface area contributed by atoms with E-state index in [1.54, 1.807) is 0 Å². The molecule has 102 valence electrons. The molecule has 1 aliphatic rings. The van der Waals surface area contributed by atoms with E-state index in [0.717, 1.165) is 23.1 Å².